The zero-order valence-corrected chi connectivity index (χ0v) is 17.1. The molecule has 2 unspecified atom stereocenters. The van der Waals surface area contributed by atoms with Crippen molar-refractivity contribution in [3.8, 4) is 0 Å². The Hall–Kier alpha value is -0.0700. The van der Waals surface area contributed by atoms with Gasteiger partial charge in [0, 0.05) is 38.6 Å². The summed E-state index contributed by atoms with van der Waals surface area (Å²) in [6.45, 7) is 8.40. The summed E-state index contributed by atoms with van der Waals surface area (Å²) in [5, 5.41) is 0. The Morgan fingerprint density at radius 2 is 1.76 bits per heavy atom. The van der Waals surface area contributed by atoms with Crippen LogP contribution in [0.3, 0.4) is 0 Å². The van der Waals surface area contributed by atoms with Crippen molar-refractivity contribution >= 4 is 30.7 Å². The highest BCUT2D eigenvalue weighted by Crippen LogP contribution is 2.39. The SMILES string of the molecule is CC1CN(C(=O)CC2(CN)CCCCC2)CC1N1CCOCC1.Cl.Cl. The van der Waals surface area contributed by atoms with Crippen molar-refractivity contribution in [2.45, 2.75) is 51.5 Å². The maximum absolute atomic E-state index is 12.9. The molecule has 0 radical (unpaired) electrons. The van der Waals surface area contributed by atoms with Crippen LogP contribution in [0, 0.1) is 11.3 Å². The third-order valence-corrected chi connectivity index (χ3v) is 6.31. The maximum atomic E-state index is 12.9. The van der Waals surface area contributed by atoms with E-state index in [1.807, 2.05) is 0 Å². The van der Waals surface area contributed by atoms with Gasteiger partial charge in [-0.05, 0) is 30.7 Å². The summed E-state index contributed by atoms with van der Waals surface area (Å²) in [5.41, 5.74) is 6.14. The van der Waals surface area contributed by atoms with Gasteiger partial charge in [0.2, 0.25) is 5.91 Å². The molecule has 1 aliphatic carbocycles. The Morgan fingerprint density at radius 1 is 1.12 bits per heavy atom. The van der Waals surface area contributed by atoms with Gasteiger partial charge < -0.3 is 15.4 Å². The van der Waals surface area contributed by atoms with Crippen molar-refractivity contribution in [2.24, 2.45) is 17.1 Å². The van der Waals surface area contributed by atoms with Gasteiger partial charge in [-0.2, -0.15) is 0 Å². The summed E-state index contributed by atoms with van der Waals surface area (Å²) in [4.78, 5) is 17.5. The van der Waals surface area contributed by atoms with Gasteiger partial charge in [-0.15, -0.1) is 24.8 Å². The van der Waals surface area contributed by atoms with Crippen molar-refractivity contribution in [3.05, 3.63) is 0 Å². The number of carbonyl (C=O) groups is 1. The minimum absolute atomic E-state index is 0. The van der Waals surface area contributed by atoms with Gasteiger partial charge in [-0.25, -0.2) is 0 Å². The molecular weight excluding hydrogens is 361 g/mol. The number of nitrogens with zero attached hydrogens (tertiary/aromatic N) is 2. The van der Waals surface area contributed by atoms with Crippen molar-refractivity contribution < 1.29 is 9.53 Å². The first kappa shape index (κ1) is 23.0. The van der Waals surface area contributed by atoms with Crippen LogP contribution in [-0.4, -0.2) is 67.7 Å². The van der Waals surface area contributed by atoms with Gasteiger partial charge >= 0.3 is 0 Å². The molecule has 0 aromatic carbocycles. The fourth-order valence-electron chi connectivity index (χ4n) is 4.73. The normalized spacial score (nSPS) is 29.6. The van der Waals surface area contributed by atoms with Crippen LogP contribution < -0.4 is 5.73 Å². The summed E-state index contributed by atoms with van der Waals surface area (Å²) in [7, 11) is 0. The van der Waals surface area contributed by atoms with E-state index in [9.17, 15) is 4.79 Å². The molecule has 0 aromatic rings. The fourth-order valence-corrected chi connectivity index (χ4v) is 4.73. The van der Waals surface area contributed by atoms with Gasteiger partial charge in [-0.3, -0.25) is 9.69 Å². The number of rotatable bonds is 4. The second-order valence-electron chi connectivity index (χ2n) is 7.93. The molecule has 2 N–H and O–H groups in total. The molecular formula is C18H35Cl2N3O2. The lowest BCUT2D eigenvalue weighted by Gasteiger charge is -2.37. The average Bonchev–Trinajstić information content (AvgIpc) is 2.98. The lowest BCUT2D eigenvalue weighted by Crippen LogP contribution is -2.47. The Morgan fingerprint density at radius 3 is 2.36 bits per heavy atom. The molecule has 3 aliphatic rings. The van der Waals surface area contributed by atoms with Gasteiger partial charge in [0.1, 0.15) is 0 Å². The second kappa shape index (κ2) is 10.3. The maximum Gasteiger partial charge on any atom is 0.223 e. The first-order chi connectivity index (χ1) is 11.1. The van der Waals surface area contributed by atoms with E-state index >= 15 is 0 Å². The van der Waals surface area contributed by atoms with Crippen LogP contribution in [0.25, 0.3) is 0 Å². The number of likely N-dealkylation sites (tertiary alicyclic amines) is 1. The molecule has 2 atom stereocenters. The lowest BCUT2D eigenvalue weighted by atomic mass is 9.71. The van der Waals surface area contributed by atoms with Crippen LogP contribution in [0.15, 0.2) is 0 Å². The predicted octanol–water partition coefficient (Wildman–Crippen LogP) is 2.31. The molecule has 5 nitrogen and oxygen atoms in total. The average molecular weight is 396 g/mol. The number of ether oxygens (including phenoxy) is 1. The van der Waals surface area contributed by atoms with Crippen molar-refractivity contribution in [3.63, 3.8) is 0 Å². The van der Waals surface area contributed by atoms with Crippen LogP contribution in [0.4, 0.5) is 0 Å². The highest BCUT2D eigenvalue weighted by atomic mass is 35.5. The number of amides is 1. The third kappa shape index (κ3) is 5.46. The number of hydrogen-bond acceptors (Lipinski definition) is 4. The highest BCUT2D eigenvalue weighted by molar-refractivity contribution is 5.85. The topological polar surface area (TPSA) is 58.8 Å². The molecule has 2 saturated heterocycles. The first-order valence-electron chi connectivity index (χ1n) is 9.43. The molecule has 3 rings (SSSR count). The number of morpholine rings is 1. The zero-order chi connectivity index (χ0) is 16.3. The van der Waals surface area contributed by atoms with Gasteiger partial charge in [0.25, 0.3) is 0 Å². The van der Waals surface area contributed by atoms with E-state index in [2.05, 4.69) is 16.7 Å². The van der Waals surface area contributed by atoms with Crippen LogP contribution in [0.2, 0.25) is 0 Å². The molecule has 2 heterocycles. The number of hydrogen-bond donors (Lipinski definition) is 1. The van der Waals surface area contributed by atoms with Crippen molar-refractivity contribution in [2.75, 3.05) is 45.9 Å². The van der Waals surface area contributed by atoms with E-state index in [-0.39, 0.29) is 30.2 Å². The van der Waals surface area contributed by atoms with E-state index in [0.717, 1.165) is 52.2 Å². The molecule has 0 aromatic heterocycles. The fraction of sp³-hybridized carbons (Fsp3) is 0.944. The Kier molecular flexibility index (Phi) is 9.47. The first-order valence-corrected chi connectivity index (χ1v) is 9.43. The van der Waals surface area contributed by atoms with E-state index in [1.165, 1.54) is 19.3 Å². The number of carbonyl (C=O) groups excluding carboxylic acids is 1. The predicted molar refractivity (Wildman–Crippen MR) is 106 cm³/mol. The van der Waals surface area contributed by atoms with Crippen molar-refractivity contribution in [1.29, 1.82) is 0 Å². The van der Waals surface area contributed by atoms with Gasteiger partial charge in [0.05, 0.1) is 13.2 Å². The van der Waals surface area contributed by atoms with E-state index in [4.69, 9.17) is 10.5 Å². The zero-order valence-electron chi connectivity index (χ0n) is 15.5. The molecule has 0 bridgehead atoms. The Balaban J connectivity index is 0.00000156. The minimum atomic E-state index is 0. The Bertz CT molecular complexity index is 413. The molecule has 25 heavy (non-hydrogen) atoms. The number of nitrogens with two attached hydrogens (primary N) is 1. The molecule has 1 amide bonds. The van der Waals surface area contributed by atoms with E-state index in [1.54, 1.807) is 0 Å². The summed E-state index contributed by atoms with van der Waals surface area (Å²) < 4.78 is 5.46. The molecule has 3 fully saturated rings. The van der Waals surface area contributed by atoms with Crippen molar-refractivity contribution in [1.82, 2.24) is 9.80 Å². The largest absolute Gasteiger partial charge is 0.379 e. The highest BCUT2D eigenvalue weighted by Gasteiger charge is 2.40. The summed E-state index contributed by atoms with van der Waals surface area (Å²) >= 11 is 0. The molecule has 2 aliphatic heterocycles. The Labute approximate surface area is 164 Å². The van der Waals surface area contributed by atoms with Crippen LogP contribution in [-0.2, 0) is 9.53 Å². The molecule has 1 saturated carbocycles. The monoisotopic (exact) mass is 395 g/mol. The van der Waals surface area contributed by atoms with E-state index < -0.39 is 0 Å². The van der Waals surface area contributed by atoms with Crippen LogP contribution in [0.1, 0.15) is 45.4 Å². The van der Waals surface area contributed by atoms with Gasteiger partial charge in [0.15, 0.2) is 0 Å². The van der Waals surface area contributed by atoms with E-state index in [0.29, 0.717) is 30.8 Å². The third-order valence-electron chi connectivity index (χ3n) is 6.31. The quantitative estimate of drug-likeness (QED) is 0.792. The second-order valence-corrected chi connectivity index (χ2v) is 7.93. The summed E-state index contributed by atoms with van der Waals surface area (Å²) in [5.74, 6) is 0.886. The number of halogens is 2. The smallest absolute Gasteiger partial charge is 0.223 e. The van der Waals surface area contributed by atoms with Crippen LogP contribution in [0.5, 0.6) is 0 Å². The van der Waals surface area contributed by atoms with Crippen LogP contribution >= 0.6 is 24.8 Å². The lowest BCUT2D eigenvalue weighted by molar-refractivity contribution is -0.133. The van der Waals surface area contributed by atoms with Gasteiger partial charge in [-0.1, -0.05) is 26.2 Å². The minimum Gasteiger partial charge on any atom is -0.379 e. The molecule has 0 spiro atoms. The molecule has 7 heteroatoms. The standard InChI is InChI=1S/C18H33N3O2.2ClH/c1-15-12-21(13-16(15)20-7-9-23-10-8-20)17(22)11-18(14-19)5-3-2-4-6-18;;/h15-16H,2-14,19H2,1H3;2*1H. The summed E-state index contributed by atoms with van der Waals surface area (Å²) in [6, 6.07) is 0.503. The summed E-state index contributed by atoms with van der Waals surface area (Å²) in [6.07, 6.45) is 6.69. The molecule has 148 valence electrons.